The Bertz CT molecular complexity index is 824. The van der Waals surface area contributed by atoms with Crippen molar-refractivity contribution in [3.8, 4) is 17.6 Å². The maximum Gasteiger partial charge on any atom is 0.266 e. The summed E-state index contributed by atoms with van der Waals surface area (Å²) in [6.07, 6.45) is 1.47. The molecule has 0 unspecified atom stereocenters. The number of nitrogens with one attached hydrogen (secondary N) is 1. The number of carbonyl (C=O) groups excluding carboxylic acids is 1. The lowest BCUT2D eigenvalue weighted by atomic mass is 10.1. The van der Waals surface area contributed by atoms with E-state index >= 15 is 0 Å². The third-order valence-electron chi connectivity index (χ3n) is 3.23. The van der Waals surface area contributed by atoms with E-state index in [-0.39, 0.29) is 5.57 Å². The van der Waals surface area contributed by atoms with Gasteiger partial charge < -0.3 is 14.8 Å². The van der Waals surface area contributed by atoms with E-state index in [2.05, 4.69) is 5.32 Å². The number of methoxy groups -OCH3 is 1. The average Bonchev–Trinajstić information content (AvgIpc) is 2.60. The van der Waals surface area contributed by atoms with Crippen molar-refractivity contribution in [2.75, 3.05) is 19.0 Å². The molecule has 1 amide bonds. The number of carbonyl (C=O) groups is 1. The molecular weight excluding hydrogens is 340 g/mol. The zero-order chi connectivity index (χ0) is 18.2. The summed E-state index contributed by atoms with van der Waals surface area (Å²) in [5.41, 5.74) is 1.13. The maximum absolute atomic E-state index is 12.3. The summed E-state index contributed by atoms with van der Waals surface area (Å²) in [6.45, 7) is 2.35. The number of rotatable bonds is 6. The number of anilines is 1. The van der Waals surface area contributed by atoms with Gasteiger partial charge in [-0.3, -0.25) is 4.79 Å². The second-order valence-corrected chi connectivity index (χ2v) is 5.44. The number of amides is 1. The number of nitrogens with zero attached hydrogens (tertiary/aromatic N) is 1. The average molecular weight is 357 g/mol. The fourth-order valence-electron chi connectivity index (χ4n) is 2.11. The molecule has 2 aromatic carbocycles. The van der Waals surface area contributed by atoms with Crippen LogP contribution in [0.5, 0.6) is 11.5 Å². The van der Waals surface area contributed by atoms with Gasteiger partial charge in [0.15, 0.2) is 0 Å². The van der Waals surface area contributed by atoms with E-state index in [4.69, 9.17) is 21.1 Å². The second kappa shape index (κ2) is 8.76. The molecule has 0 heterocycles. The topological polar surface area (TPSA) is 71.3 Å². The minimum atomic E-state index is -0.509. The molecule has 0 saturated carbocycles. The van der Waals surface area contributed by atoms with E-state index in [0.29, 0.717) is 34.4 Å². The fraction of sp³-hybridized carbons (Fsp3) is 0.158. The van der Waals surface area contributed by atoms with Crippen LogP contribution in [0.15, 0.2) is 48.0 Å². The van der Waals surface area contributed by atoms with Crippen LogP contribution < -0.4 is 14.8 Å². The lowest BCUT2D eigenvalue weighted by Crippen LogP contribution is -2.13. The Kier molecular flexibility index (Phi) is 6.44. The van der Waals surface area contributed by atoms with Gasteiger partial charge in [0.2, 0.25) is 0 Å². The summed E-state index contributed by atoms with van der Waals surface area (Å²) in [5.74, 6) is 0.746. The Hall–Kier alpha value is -2.97. The van der Waals surface area contributed by atoms with Crippen LogP contribution in [0.25, 0.3) is 6.08 Å². The Morgan fingerprint density at radius 2 is 1.96 bits per heavy atom. The van der Waals surface area contributed by atoms with Crippen LogP contribution in [0.4, 0.5) is 5.69 Å². The third kappa shape index (κ3) is 5.27. The lowest BCUT2D eigenvalue weighted by Gasteiger charge is -2.07. The van der Waals surface area contributed by atoms with Gasteiger partial charge in [-0.25, -0.2) is 0 Å². The molecule has 0 spiro atoms. The van der Waals surface area contributed by atoms with Crippen molar-refractivity contribution in [2.45, 2.75) is 6.92 Å². The fourth-order valence-corrected chi connectivity index (χ4v) is 2.34. The van der Waals surface area contributed by atoms with Crippen molar-refractivity contribution in [2.24, 2.45) is 0 Å². The van der Waals surface area contributed by atoms with Gasteiger partial charge in [-0.2, -0.15) is 5.26 Å². The largest absolute Gasteiger partial charge is 0.497 e. The third-order valence-corrected chi connectivity index (χ3v) is 3.45. The molecule has 0 fully saturated rings. The molecular formula is C19H17ClN2O3. The molecule has 0 atom stereocenters. The maximum atomic E-state index is 12.3. The normalized spacial score (nSPS) is 10.7. The van der Waals surface area contributed by atoms with E-state index in [1.807, 2.05) is 13.0 Å². The van der Waals surface area contributed by atoms with Gasteiger partial charge >= 0.3 is 0 Å². The summed E-state index contributed by atoms with van der Waals surface area (Å²) in [4.78, 5) is 12.3. The molecule has 2 aromatic rings. The number of halogens is 1. The predicted octanol–water partition coefficient (Wildman–Crippen LogP) is 4.29. The molecule has 6 heteroatoms. The van der Waals surface area contributed by atoms with Crippen LogP contribution in [-0.4, -0.2) is 19.6 Å². The summed E-state index contributed by atoms with van der Waals surface area (Å²) in [7, 11) is 1.56. The molecule has 0 aromatic heterocycles. The molecule has 0 aliphatic heterocycles. The van der Waals surface area contributed by atoms with Crippen molar-refractivity contribution in [3.05, 3.63) is 58.6 Å². The van der Waals surface area contributed by atoms with Gasteiger partial charge in [0, 0.05) is 10.7 Å². The number of ether oxygens (including phenoxy) is 2. The van der Waals surface area contributed by atoms with Gasteiger partial charge in [0.1, 0.15) is 23.1 Å². The van der Waals surface area contributed by atoms with E-state index in [0.717, 1.165) is 0 Å². The standard InChI is InChI=1S/C19H17ClN2O3/c1-3-25-18-10-13(9-15(20)11-18)8-14(12-21)19(23)22-16-4-6-17(24-2)7-5-16/h4-11H,3H2,1-2H3,(H,22,23)/b14-8+. The van der Waals surface area contributed by atoms with Crippen LogP contribution >= 0.6 is 11.6 Å². The predicted molar refractivity (Wildman–Crippen MR) is 97.8 cm³/mol. The monoisotopic (exact) mass is 356 g/mol. The molecule has 2 rings (SSSR count). The van der Waals surface area contributed by atoms with Crippen molar-refractivity contribution >= 4 is 29.3 Å². The molecule has 128 valence electrons. The van der Waals surface area contributed by atoms with Crippen molar-refractivity contribution in [1.82, 2.24) is 0 Å². The highest BCUT2D eigenvalue weighted by Crippen LogP contribution is 2.23. The molecule has 0 bridgehead atoms. The van der Waals surface area contributed by atoms with Gasteiger partial charge in [-0.1, -0.05) is 11.6 Å². The molecule has 5 nitrogen and oxygen atoms in total. The van der Waals surface area contributed by atoms with E-state index in [1.165, 1.54) is 6.08 Å². The van der Waals surface area contributed by atoms with Gasteiger partial charge in [-0.15, -0.1) is 0 Å². The highest BCUT2D eigenvalue weighted by atomic mass is 35.5. The first-order valence-corrected chi connectivity index (χ1v) is 7.94. The molecule has 0 radical (unpaired) electrons. The minimum absolute atomic E-state index is 0.0412. The lowest BCUT2D eigenvalue weighted by molar-refractivity contribution is -0.112. The summed E-state index contributed by atoms with van der Waals surface area (Å²) in [6, 6.07) is 13.8. The number of benzene rings is 2. The number of hydrogen-bond acceptors (Lipinski definition) is 4. The highest BCUT2D eigenvalue weighted by Gasteiger charge is 2.10. The Morgan fingerprint density at radius 3 is 2.56 bits per heavy atom. The van der Waals surface area contributed by atoms with Crippen molar-refractivity contribution in [3.63, 3.8) is 0 Å². The zero-order valence-electron chi connectivity index (χ0n) is 13.9. The zero-order valence-corrected chi connectivity index (χ0v) is 14.6. The molecule has 0 aliphatic rings. The van der Waals surface area contributed by atoms with E-state index in [1.54, 1.807) is 49.6 Å². The first-order chi connectivity index (χ1) is 12.0. The molecule has 0 saturated heterocycles. The molecule has 0 aliphatic carbocycles. The Labute approximate surface area is 151 Å². The van der Waals surface area contributed by atoms with Crippen LogP contribution in [0.3, 0.4) is 0 Å². The Morgan fingerprint density at radius 1 is 1.24 bits per heavy atom. The quantitative estimate of drug-likeness (QED) is 0.619. The Balaban J connectivity index is 2.21. The van der Waals surface area contributed by atoms with Crippen LogP contribution in [0.1, 0.15) is 12.5 Å². The number of nitriles is 1. The summed E-state index contributed by atoms with van der Waals surface area (Å²) >= 11 is 6.05. The van der Waals surface area contributed by atoms with Gasteiger partial charge in [0.25, 0.3) is 5.91 Å². The first kappa shape index (κ1) is 18.4. The highest BCUT2D eigenvalue weighted by molar-refractivity contribution is 6.30. The summed E-state index contributed by atoms with van der Waals surface area (Å²) in [5, 5.41) is 12.4. The van der Waals surface area contributed by atoms with Crippen LogP contribution in [0, 0.1) is 11.3 Å². The second-order valence-electron chi connectivity index (χ2n) is 5.01. The molecule has 25 heavy (non-hydrogen) atoms. The first-order valence-electron chi connectivity index (χ1n) is 7.56. The van der Waals surface area contributed by atoms with Gasteiger partial charge in [-0.05, 0) is 61.0 Å². The van der Waals surface area contributed by atoms with Crippen molar-refractivity contribution in [1.29, 1.82) is 5.26 Å². The van der Waals surface area contributed by atoms with E-state index < -0.39 is 5.91 Å². The van der Waals surface area contributed by atoms with Crippen LogP contribution in [-0.2, 0) is 4.79 Å². The van der Waals surface area contributed by atoms with Gasteiger partial charge in [0.05, 0.1) is 13.7 Å². The minimum Gasteiger partial charge on any atom is -0.497 e. The number of hydrogen-bond donors (Lipinski definition) is 1. The summed E-state index contributed by atoms with van der Waals surface area (Å²) < 4.78 is 10.5. The SMILES string of the molecule is CCOc1cc(Cl)cc(/C=C(\C#N)C(=O)Nc2ccc(OC)cc2)c1. The molecule has 1 N–H and O–H groups in total. The van der Waals surface area contributed by atoms with Crippen molar-refractivity contribution < 1.29 is 14.3 Å². The smallest absolute Gasteiger partial charge is 0.266 e. The van der Waals surface area contributed by atoms with Crippen LogP contribution in [0.2, 0.25) is 5.02 Å². The van der Waals surface area contributed by atoms with E-state index in [9.17, 15) is 10.1 Å².